The third-order valence-electron chi connectivity index (χ3n) is 14.7. The molecule has 9 nitrogen and oxygen atoms in total. The number of hydrogen-bond acceptors (Lipinski definition) is 7. The molecule has 0 aliphatic carbocycles. The number of esters is 2. The number of hydrogen-bond donors (Lipinski definition) is 1. The molecule has 0 amide bonds. The van der Waals surface area contributed by atoms with Crippen LogP contribution in [0.2, 0.25) is 0 Å². The average Bonchev–Trinajstić information content (AvgIpc) is 3.48. The van der Waals surface area contributed by atoms with Crippen molar-refractivity contribution in [1.82, 2.24) is 0 Å². The van der Waals surface area contributed by atoms with E-state index in [1.165, 1.54) is 161 Å². The van der Waals surface area contributed by atoms with Crippen LogP contribution in [0.15, 0.2) is 122 Å². The number of aliphatic carboxylic acids is 1. The molecule has 0 aliphatic heterocycles. The van der Waals surface area contributed by atoms with Gasteiger partial charge in [-0.25, -0.2) is 4.79 Å². The number of allylic oxidation sites excluding steroid dienone is 20. The zero-order valence-electron chi connectivity index (χ0n) is 55.5. The Morgan fingerprint density at radius 1 is 0.365 bits per heavy atom. The molecule has 2 atom stereocenters. The minimum Gasteiger partial charge on any atom is -0.477 e. The molecule has 0 radical (unpaired) electrons. The summed E-state index contributed by atoms with van der Waals surface area (Å²) in [5.74, 6) is -2.07. The van der Waals surface area contributed by atoms with Crippen molar-refractivity contribution in [2.75, 3.05) is 47.5 Å². The summed E-state index contributed by atoms with van der Waals surface area (Å²) in [5, 5.41) is 9.74. The van der Waals surface area contributed by atoms with Gasteiger partial charge < -0.3 is 28.5 Å². The Morgan fingerprint density at radius 3 is 1.02 bits per heavy atom. The lowest BCUT2D eigenvalue weighted by atomic mass is 10.0. The quantitative estimate of drug-likeness (QED) is 0.0211. The van der Waals surface area contributed by atoms with Gasteiger partial charge in [-0.1, -0.05) is 283 Å². The Hall–Kier alpha value is -4.31. The first kappa shape index (κ1) is 80.7. The van der Waals surface area contributed by atoms with Gasteiger partial charge in [0.15, 0.2) is 6.10 Å². The smallest absolute Gasteiger partial charge is 0.361 e. The van der Waals surface area contributed by atoms with Gasteiger partial charge in [0.2, 0.25) is 0 Å². The molecule has 0 aromatic carbocycles. The zero-order valence-corrected chi connectivity index (χ0v) is 55.5. The van der Waals surface area contributed by atoms with Gasteiger partial charge in [-0.3, -0.25) is 9.59 Å². The van der Waals surface area contributed by atoms with Crippen LogP contribution in [0.1, 0.15) is 284 Å². The summed E-state index contributed by atoms with van der Waals surface area (Å²) in [6.07, 6.45) is 90.3. The van der Waals surface area contributed by atoms with Crippen LogP contribution in [0, 0.1) is 0 Å². The number of ether oxygens (including phenoxy) is 4. The molecular formula is C76H130NO8+. The number of likely N-dealkylation sites (N-methyl/N-ethyl adjacent to an activating group) is 1. The average molecular weight is 1190 g/mol. The summed E-state index contributed by atoms with van der Waals surface area (Å²) in [7, 11) is 5.96. The van der Waals surface area contributed by atoms with Crippen LogP contribution >= 0.6 is 0 Å². The van der Waals surface area contributed by atoms with E-state index in [2.05, 4.69) is 135 Å². The first-order valence-electron chi connectivity index (χ1n) is 34.7. The van der Waals surface area contributed by atoms with Crippen molar-refractivity contribution in [3.63, 3.8) is 0 Å². The number of carboxylic acid groups (broad SMARTS) is 1. The topological polar surface area (TPSA) is 108 Å². The molecule has 1 N–H and O–H groups in total. The van der Waals surface area contributed by atoms with Gasteiger partial charge >= 0.3 is 17.9 Å². The molecule has 85 heavy (non-hydrogen) atoms. The molecule has 0 bridgehead atoms. The van der Waals surface area contributed by atoms with Crippen LogP contribution in [0.25, 0.3) is 0 Å². The summed E-state index contributed by atoms with van der Waals surface area (Å²) in [6, 6.07) is 0. The van der Waals surface area contributed by atoms with Gasteiger partial charge in [0, 0.05) is 12.8 Å². The molecule has 0 fully saturated rings. The number of carbonyl (C=O) groups excluding carboxylic acids is 2. The van der Waals surface area contributed by atoms with E-state index in [0.717, 1.165) is 89.9 Å². The Bertz CT molecular complexity index is 1810. The largest absolute Gasteiger partial charge is 0.477 e. The first-order valence-corrected chi connectivity index (χ1v) is 34.7. The SMILES string of the molecule is CC/C=C\C/C=C\C/C=C\C/C=C\C/C=C\C/C=C\C/C=C\C/C=C\CCCCC(=O)OC(COC(=O)CCCCCCCCCCCCCCCCCCCCCCC/C=C\C/C=C\CCCCCCC)COC(OCC[N+](C)(C)C)C(=O)O. The normalized spacial score (nSPS) is 13.5. The molecule has 0 spiro atoms. The Kier molecular flexibility index (Phi) is 62.3. The minimum absolute atomic E-state index is 0.174. The van der Waals surface area contributed by atoms with Gasteiger partial charge in [-0.2, -0.15) is 0 Å². The molecular weight excluding hydrogens is 1050 g/mol. The van der Waals surface area contributed by atoms with E-state index >= 15 is 0 Å². The second-order valence-electron chi connectivity index (χ2n) is 24.1. The lowest BCUT2D eigenvalue weighted by molar-refractivity contribution is -0.870. The predicted octanol–water partition coefficient (Wildman–Crippen LogP) is 21.6. The maximum atomic E-state index is 12.9. The van der Waals surface area contributed by atoms with Crippen LogP contribution < -0.4 is 0 Å². The fourth-order valence-electron chi connectivity index (χ4n) is 9.41. The van der Waals surface area contributed by atoms with Gasteiger partial charge in [-0.05, 0) is 109 Å². The fourth-order valence-corrected chi connectivity index (χ4v) is 9.41. The van der Waals surface area contributed by atoms with Crippen LogP contribution in [-0.4, -0.2) is 87.4 Å². The van der Waals surface area contributed by atoms with Crippen LogP contribution in [0.5, 0.6) is 0 Å². The highest BCUT2D eigenvalue weighted by Gasteiger charge is 2.25. The molecule has 0 aromatic rings. The van der Waals surface area contributed by atoms with Crippen LogP contribution in [0.4, 0.5) is 0 Å². The van der Waals surface area contributed by atoms with Crippen LogP contribution in [0.3, 0.4) is 0 Å². The minimum atomic E-state index is -1.53. The van der Waals surface area contributed by atoms with Gasteiger partial charge in [-0.15, -0.1) is 0 Å². The van der Waals surface area contributed by atoms with Crippen LogP contribution in [-0.2, 0) is 33.3 Å². The standard InChI is InChI=1S/C76H129NO8/c1-6-8-10-12-14-16-18-20-22-24-26-28-30-32-34-35-36-37-38-39-41-42-44-46-48-50-52-54-56-58-60-62-64-66-73(78)83-70-72(71-84-76(75(80)81)82-69-68-77(3,4)5)85-74(79)67-65-63-61-59-57-55-53-51-49-47-45-43-40-33-31-29-27-25-23-21-19-17-15-13-11-9-7-2/h9,11,15,17-18,20-21,23-24,26-27,29,33,40,45,47,51,53,57,59,72,76H,6-8,10,12-14,16,19,22,25,28,30-32,34-39,41-44,46,48-50,52,54-56,58,60-71H2,1-5H3/p+1/b11-9-,17-15-,20-18-,23-21-,26-24-,29-27-,40-33-,47-45-,53-51-,59-57-. The summed E-state index contributed by atoms with van der Waals surface area (Å²) in [6.45, 7) is 4.71. The van der Waals surface area contributed by atoms with E-state index in [1.54, 1.807) is 0 Å². The molecule has 0 aliphatic rings. The number of carbonyl (C=O) groups is 3. The summed E-state index contributed by atoms with van der Waals surface area (Å²) < 4.78 is 22.9. The van der Waals surface area contributed by atoms with Crippen molar-refractivity contribution in [3.8, 4) is 0 Å². The highest BCUT2D eigenvalue weighted by Crippen LogP contribution is 2.17. The molecule has 9 heteroatoms. The summed E-state index contributed by atoms with van der Waals surface area (Å²) in [4.78, 5) is 37.6. The molecule has 0 rings (SSSR count). The number of nitrogens with zero attached hydrogens (tertiary/aromatic N) is 1. The highest BCUT2D eigenvalue weighted by molar-refractivity contribution is 5.71. The Morgan fingerprint density at radius 2 is 0.671 bits per heavy atom. The van der Waals surface area contributed by atoms with Crippen molar-refractivity contribution in [2.24, 2.45) is 0 Å². The molecule has 0 aromatic heterocycles. The molecule has 0 saturated carbocycles. The van der Waals surface area contributed by atoms with E-state index in [-0.39, 0.29) is 38.6 Å². The lowest BCUT2D eigenvalue weighted by Gasteiger charge is -2.25. The van der Waals surface area contributed by atoms with E-state index in [4.69, 9.17) is 18.9 Å². The number of rotatable bonds is 63. The Labute approximate surface area is 523 Å². The summed E-state index contributed by atoms with van der Waals surface area (Å²) >= 11 is 0. The first-order chi connectivity index (χ1) is 41.6. The molecule has 486 valence electrons. The summed E-state index contributed by atoms with van der Waals surface area (Å²) in [5.41, 5.74) is 0. The van der Waals surface area contributed by atoms with Crippen molar-refractivity contribution < 1.29 is 42.9 Å². The maximum absolute atomic E-state index is 12.9. The van der Waals surface area contributed by atoms with Gasteiger partial charge in [0.25, 0.3) is 6.29 Å². The second kappa shape index (κ2) is 65.7. The van der Waals surface area contributed by atoms with Crippen molar-refractivity contribution in [2.45, 2.75) is 296 Å². The third kappa shape index (κ3) is 67.1. The third-order valence-corrected chi connectivity index (χ3v) is 14.7. The molecule has 2 unspecified atom stereocenters. The van der Waals surface area contributed by atoms with Crippen molar-refractivity contribution in [3.05, 3.63) is 122 Å². The van der Waals surface area contributed by atoms with E-state index in [0.29, 0.717) is 17.4 Å². The fraction of sp³-hybridized carbons (Fsp3) is 0.697. The lowest BCUT2D eigenvalue weighted by Crippen LogP contribution is -2.40. The number of quaternary nitrogens is 1. The van der Waals surface area contributed by atoms with Gasteiger partial charge in [0.05, 0.1) is 34.4 Å². The van der Waals surface area contributed by atoms with E-state index in [1.807, 2.05) is 21.1 Å². The molecule has 0 saturated heterocycles. The highest BCUT2D eigenvalue weighted by atomic mass is 16.7. The zero-order chi connectivity index (χ0) is 61.9. The second-order valence-corrected chi connectivity index (χ2v) is 24.1. The van der Waals surface area contributed by atoms with E-state index < -0.39 is 24.3 Å². The Balaban J connectivity index is 4.18. The van der Waals surface area contributed by atoms with Gasteiger partial charge in [0.1, 0.15) is 13.2 Å². The maximum Gasteiger partial charge on any atom is 0.361 e. The monoisotopic (exact) mass is 1180 g/mol. The predicted molar refractivity (Wildman–Crippen MR) is 364 cm³/mol. The number of carboxylic acids is 1. The van der Waals surface area contributed by atoms with Crippen molar-refractivity contribution >= 4 is 17.9 Å². The number of unbranched alkanes of at least 4 members (excludes halogenated alkanes) is 28. The van der Waals surface area contributed by atoms with E-state index in [9.17, 15) is 19.5 Å². The van der Waals surface area contributed by atoms with Crippen molar-refractivity contribution in [1.29, 1.82) is 0 Å². The molecule has 0 heterocycles.